The van der Waals surface area contributed by atoms with Crippen LogP contribution in [0.2, 0.25) is 0 Å². The van der Waals surface area contributed by atoms with Crippen molar-refractivity contribution in [1.82, 2.24) is 10.3 Å². The summed E-state index contributed by atoms with van der Waals surface area (Å²) in [6.07, 6.45) is 0. The predicted octanol–water partition coefficient (Wildman–Crippen LogP) is 2.78. The second kappa shape index (κ2) is 7.27. The lowest BCUT2D eigenvalue weighted by Gasteiger charge is -2.06. The number of sulfonamides is 1. The molecule has 2 aromatic rings. The van der Waals surface area contributed by atoms with Gasteiger partial charge in [0.05, 0.1) is 10.6 Å². The van der Waals surface area contributed by atoms with Crippen LogP contribution in [-0.2, 0) is 10.0 Å². The zero-order valence-electron chi connectivity index (χ0n) is 13.5. The van der Waals surface area contributed by atoms with Crippen molar-refractivity contribution in [2.75, 3.05) is 11.3 Å². The second-order valence-electron chi connectivity index (χ2n) is 5.60. The summed E-state index contributed by atoms with van der Waals surface area (Å²) in [5.41, 5.74) is 0.443. The first-order chi connectivity index (χ1) is 11.2. The van der Waals surface area contributed by atoms with Crippen molar-refractivity contribution in [3.8, 4) is 0 Å². The number of carbonyl (C=O) groups excluding carboxylic acids is 1. The summed E-state index contributed by atoms with van der Waals surface area (Å²) in [7, 11) is -3.89. The molecule has 0 aliphatic rings. The number of rotatable bonds is 6. The third kappa shape index (κ3) is 4.51. The molecule has 0 atom stereocenters. The summed E-state index contributed by atoms with van der Waals surface area (Å²) in [5.74, 6) is -0.507. The van der Waals surface area contributed by atoms with E-state index >= 15 is 0 Å². The third-order valence-corrected chi connectivity index (χ3v) is 5.57. The van der Waals surface area contributed by atoms with Gasteiger partial charge in [0.15, 0.2) is 5.13 Å². The van der Waals surface area contributed by atoms with Crippen molar-refractivity contribution in [2.24, 2.45) is 5.92 Å². The van der Waals surface area contributed by atoms with E-state index in [1.165, 1.54) is 0 Å². The molecule has 1 heterocycles. The summed E-state index contributed by atoms with van der Waals surface area (Å²) < 4.78 is 39.7. The molecule has 1 amide bonds. The highest BCUT2D eigenvalue weighted by Crippen LogP contribution is 2.25. The van der Waals surface area contributed by atoms with Crippen LogP contribution in [0, 0.1) is 18.7 Å². The van der Waals surface area contributed by atoms with E-state index in [4.69, 9.17) is 0 Å². The van der Waals surface area contributed by atoms with Crippen LogP contribution in [0.4, 0.5) is 9.52 Å². The summed E-state index contributed by atoms with van der Waals surface area (Å²) in [4.78, 5) is 16.5. The molecular weight excluding hydrogens is 353 g/mol. The minimum atomic E-state index is -3.89. The quantitative estimate of drug-likeness (QED) is 0.817. The molecular formula is C15H18FN3O3S2. The largest absolute Gasteiger partial charge is 0.351 e. The van der Waals surface area contributed by atoms with Gasteiger partial charge in [0, 0.05) is 6.54 Å². The Balaban J connectivity index is 2.17. The number of aromatic nitrogens is 1. The van der Waals surface area contributed by atoms with Gasteiger partial charge in [-0.2, -0.15) is 0 Å². The first-order valence-corrected chi connectivity index (χ1v) is 9.53. The Morgan fingerprint density at radius 1 is 1.29 bits per heavy atom. The predicted molar refractivity (Wildman–Crippen MR) is 91.2 cm³/mol. The second-order valence-corrected chi connectivity index (χ2v) is 8.28. The number of hydrogen-bond acceptors (Lipinski definition) is 5. The molecule has 0 unspecified atom stereocenters. The monoisotopic (exact) mass is 371 g/mol. The molecule has 9 heteroatoms. The van der Waals surface area contributed by atoms with E-state index in [0.29, 0.717) is 23.0 Å². The number of aryl methyl sites for hydroxylation is 1. The van der Waals surface area contributed by atoms with Gasteiger partial charge in [-0.1, -0.05) is 25.2 Å². The fourth-order valence-corrected chi connectivity index (χ4v) is 3.93. The highest BCUT2D eigenvalue weighted by molar-refractivity contribution is 7.93. The molecule has 2 rings (SSSR count). The summed E-state index contributed by atoms with van der Waals surface area (Å²) >= 11 is 0.956. The van der Waals surface area contributed by atoms with Crippen LogP contribution in [0.25, 0.3) is 0 Å². The zero-order chi connectivity index (χ0) is 17.9. The molecule has 0 bridgehead atoms. The number of nitrogens with one attached hydrogen (secondary N) is 2. The number of thiazole rings is 1. The third-order valence-electron chi connectivity index (χ3n) is 3.02. The molecule has 1 aromatic carbocycles. The fourth-order valence-electron chi connectivity index (χ4n) is 1.82. The number of benzene rings is 1. The Morgan fingerprint density at radius 3 is 2.50 bits per heavy atom. The molecule has 0 aliphatic heterocycles. The lowest BCUT2D eigenvalue weighted by molar-refractivity contribution is 0.0952. The number of nitrogens with zero attached hydrogens (tertiary/aromatic N) is 1. The molecule has 24 heavy (non-hydrogen) atoms. The SMILES string of the molecule is Cc1nc(NS(=O)(=O)c2ccc(F)cc2)sc1C(=O)NCC(C)C. The van der Waals surface area contributed by atoms with E-state index in [1.807, 2.05) is 13.8 Å². The van der Waals surface area contributed by atoms with Gasteiger partial charge in [-0.15, -0.1) is 0 Å². The molecule has 0 saturated heterocycles. The summed E-state index contributed by atoms with van der Waals surface area (Å²) in [5, 5.41) is 2.86. The molecule has 130 valence electrons. The Morgan fingerprint density at radius 2 is 1.92 bits per heavy atom. The number of carbonyl (C=O) groups is 1. The number of anilines is 1. The minimum absolute atomic E-state index is 0.0810. The first-order valence-electron chi connectivity index (χ1n) is 7.23. The van der Waals surface area contributed by atoms with E-state index in [-0.39, 0.29) is 15.9 Å². The maximum Gasteiger partial charge on any atom is 0.263 e. The maximum absolute atomic E-state index is 12.9. The number of halogens is 1. The lowest BCUT2D eigenvalue weighted by atomic mass is 10.2. The van der Waals surface area contributed by atoms with Crippen molar-refractivity contribution in [3.63, 3.8) is 0 Å². The Hall–Kier alpha value is -2.00. The van der Waals surface area contributed by atoms with Crippen LogP contribution in [0.15, 0.2) is 29.2 Å². The van der Waals surface area contributed by atoms with Gasteiger partial charge >= 0.3 is 0 Å². The first kappa shape index (κ1) is 18.3. The van der Waals surface area contributed by atoms with Gasteiger partial charge in [-0.3, -0.25) is 9.52 Å². The normalized spacial score (nSPS) is 11.5. The maximum atomic E-state index is 12.9. The van der Waals surface area contributed by atoms with Gasteiger partial charge < -0.3 is 5.32 Å². The molecule has 6 nitrogen and oxygen atoms in total. The van der Waals surface area contributed by atoms with Crippen molar-refractivity contribution in [1.29, 1.82) is 0 Å². The standard InChI is InChI=1S/C15H18FN3O3S2/c1-9(2)8-17-14(20)13-10(3)18-15(23-13)19-24(21,22)12-6-4-11(16)5-7-12/h4-7,9H,8H2,1-3H3,(H,17,20)(H,18,19). The van der Waals surface area contributed by atoms with E-state index in [9.17, 15) is 17.6 Å². The molecule has 2 N–H and O–H groups in total. The molecule has 0 spiro atoms. The van der Waals surface area contributed by atoms with Gasteiger partial charge in [-0.05, 0) is 37.1 Å². The van der Waals surface area contributed by atoms with Crippen LogP contribution in [0.1, 0.15) is 29.2 Å². The van der Waals surface area contributed by atoms with Crippen LogP contribution in [0.5, 0.6) is 0 Å². The smallest absolute Gasteiger partial charge is 0.263 e. The van der Waals surface area contributed by atoms with Crippen molar-refractivity contribution < 1.29 is 17.6 Å². The molecule has 0 aliphatic carbocycles. The van der Waals surface area contributed by atoms with E-state index < -0.39 is 15.8 Å². The van der Waals surface area contributed by atoms with E-state index in [0.717, 1.165) is 35.6 Å². The lowest BCUT2D eigenvalue weighted by Crippen LogP contribution is -2.27. The highest BCUT2D eigenvalue weighted by atomic mass is 32.2. The average molecular weight is 371 g/mol. The topological polar surface area (TPSA) is 88.2 Å². The fraction of sp³-hybridized carbons (Fsp3) is 0.333. The van der Waals surface area contributed by atoms with Gasteiger partial charge in [0.1, 0.15) is 10.7 Å². The van der Waals surface area contributed by atoms with Gasteiger partial charge in [0.2, 0.25) is 0 Å². The Bertz CT molecular complexity index is 830. The van der Waals surface area contributed by atoms with E-state index in [2.05, 4.69) is 15.0 Å². The molecule has 0 saturated carbocycles. The van der Waals surface area contributed by atoms with E-state index in [1.54, 1.807) is 6.92 Å². The van der Waals surface area contributed by atoms with Crippen LogP contribution < -0.4 is 10.0 Å². The molecule has 0 fully saturated rings. The highest BCUT2D eigenvalue weighted by Gasteiger charge is 2.20. The minimum Gasteiger partial charge on any atom is -0.351 e. The number of hydrogen-bond donors (Lipinski definition) is 2. The van der Waals surface area contributed by atoms with Crippen LogP contribution >= 0.6 is 11.3 Å². The summed E-state index contributed by atoms with van der Waals surface area (Å²) in [6.45, 7) is 6.10. The zero-order valence-corrected chi connectivity index (χ0v) is 15.1. The summed E-state index contributed by atoms with van der Waals surface area (Å²) in [6, 6.07) is 4.45. The van der Waals surface area contributed by atoms with Gasteiger partial charge in [-0.25, -0.2) is 17.8 Å². The van der Waals surface area contributed by atoms with Crippen molar-refractivity contribution >= 4 is 32.4 Å². The molecule has 0 radical (unpaired) electrons. The van der Waals surface area contributed by atoms with Crippen LogP contribution in [0.3, 0.4) is 0 Å². The Kier molecular flexibility index (Phi) is 5.55. The molecule has 1 aromatic heterocycles. The van der Waals surface area contributed by atoms with Crippen LogP contribution in [-0.4, -0.2) is 25.9 Å². The van der Waals surface area contributed by atoms with Crippen molar-refractivity contribution in [2.45, 2.75) is 25.7 Å². The van der Waals surface area contributed by atoms with Crippen molar-refractivity contribution in [3.05, 3.63) is 40.7 Å². The number of amides is 1. The van der Waals surface area contributed by atoms with Gasteiger partial charge in [0.25, 0.3) is 15.9 Å². The average Bonchev–Trinajstić information content (AvgIpc) is 2.85. The Labute approximate surface area is 144 Å².